The van der Waals surface area contributed by atoms with Gasteiger partial charge in [-0.15, -0.1) is 0 Å². The lowest BCUT2D eigenvalue weighted by Crippen LogP contribution is -2.14. The van der Waals surface area contributed by atoms with Crippen LogP contribution in [0.2, 0.25) is 5.02 Å². The van der Waals surface area contributed by atoms with E-state index in [0.717, 1.165) is 10.7 Å². The van der Waals surface area contributed by atoms with E-state index in [0.29, 0.717) is 18.2 Å². The second-order valence-corrected chi connectivity index (χ2v) is 9.59. The summed E-state index contributed by atoms with van der Waals surface area (Å²) in [5, 5.41) is 3.79. The summed E-state index contributed by atoms with van der Waals surface area (Å²) in [6, 6.07) is 0.756. The molecule has 2 aromatic rings. The minimum absolute atomic E-state index is 0.0196. The molecule has 0 radical (unpaired) electrons. The number of hydrogen-bond donors (Lipinski definition) is 1. The average molecular weight is 488 g/mol. The number of hydrogen-bond acceptors (Lipinski definition) is 3. The van der Waals surface area contributed by atoms with Crippen molar-refractivity contribution in [1.82, 2.24) is 14.8 Å². The SMILES string of the molecule is NC(=O)c1nn(-c2ncc(C(F)(F)F)cc2Cl)cc1C1CC1(Br)Br. The number of rotatable bonds is 3. The Labute approximate surface area is 155 Å². The van der Waals surface area contributed by atoms with Crippen LogP contribution in [0.1, 0.15) is 34.0 Å². The lowest BCUT2D eigenvalue weighted by Gasteiger charge is -2.08. The molecule has 0 bridgehead atoms. The monoisotopic (exact) mass is 486 g/mol. The summed E-state index contributed by atoms with van der Waals surface area (Å²) < 4.78 is 38.9. The molecule has 2 heterocycles. The number of carbonyl (C=O) groups is 1. The van der Waals surface area contributed by atoms with Gasteiger partial charge in [-0.1, -0.05) is 43.5 Å². The Hall–Kier alpha value is -1.13. The van der Waals surface area contributed by atoms with Gasteiger partial charge < -0.3 is 5.73 Å². The Morgan fingerprint density at radius 1 is 1.46 bits per heavy atom. The van der Waals surface area contributed by atoms with Crippen LogP contribution in [0.3, 0.4) is 0 Å². The van der Waals surface area contributed by atoms with Crippen LogP contribution in [0.25, 0.3) is 5.82 Å². The lowest BCUT2D eigenvalue weighted by atomic mass is 10.1. The van der Waals surface area contributed by atoms with Gasteiger partial charge in [0.1, 0.15) is 0 Å². The Bertz CT molecular complexity index is 837. The Morgan fingerprint density at radius 3 is 2.54 bits per heavy atom. The van der Waals surface area contributed by atoms with Gasteiger partial charge in [0.15, 0.2) is 11.5 Å². The quantitative estimate of drug-likeness (QED) is 0.664. The molecule has 0 spiro atoms. The Balaban J connectivity index is 2.05. The summed E-state index contributed by atoms with van der Waals surface area (Å²) in [5.41, 5.74) is 4.95. The summed E-state index contributed by atoms with van der Waals surface area (Å²) in [7, 11) is 0. The van der Waals surface area contributed by atoms with Gasteiger partial charge in [0.05, 0.1) is 13.8 Å². The van der Waals surface area contributed by atoms with E-state index in [4.69, 9.17) is 17.3 Å². The molecule has 3 rings (SSSR count). The van der Waals surface area contributed by atoms with Crippen molar-refractivity contribution in [3.8, 4) is 5.82 Å². The summed E-state index contributed by atoms with van der Waals surface area (Å²) in [4.78, 5) is 15.3. The molecule has 1 fully saturated rings. The highest BCUT2D eigenvalue weighted by Crippen LogP contribution is 2.62. The van der Waals surface area contributed by atoms with Crippen LogP contribution in [0.4, 0.5) is 13.2 Å². The third kappa shape index (κ3) is 3.18. The molecule has 11 heteroatoms. The molecular weight excluding hydrogens is 480 g/mol. The maximum atomic E-state index is 12.7. The number of primary amides is 1. The highest BCUT2D eigenvalue weighted by molar-refractivity contribution is 9.25. The normalized spacial score (nSPS) is 19.3. The molecule has 2 N–H and O–H groups in total. The van der Waals surface area contributed by atoms with Crippen LogP contribution in [0.15, 0.2) is 18.5 Å². The smallest absolute Gasteiger partial charge is 0.364 e. The van der Waals surface area contributed by atoms with Crippen molar-refractivity contribution in [2.75, 3.05) is 0 Å². The largest absolute Gasteiger partial charge is 0.417 e. The molecule has 128 valence electrons. The van der Waals surface area contributed by atoms with Gasteiger partial charge in [-0.2, -0.15) is 18.3 Å². The molecular formula is C13H8Br2ClF3N4O. The molecule has 1 amide bonds. The summed E-state index contributed by atoms with van der Waals surface area (Å²) in [6.45, 7) is 0. The Kier molecular flexibility index (Phi) is 4.20. The number of amides is 1. The number of pyridine rings is 1. The van der Waals surface area contributed by atoms with Crippen molar-refractivity contribution in [2.45, 2.75) is 21.7 Å². The predicted octanol–water partition coefficient (Wildman–Crippen LogP) is 4.01. The third-order valence-corrected chi connectivity index (χ3v) is 5.57. The van der Waals surface area contributed by atoms with Gasteiger partial charge in [-0.05, 0) is 12.5 Å². The second kappa shape index (κ2) is 5.70. The standard InChI is InChI=1S/C13H8Br2ClF3N4O/c14-12(15)2-7(12)6-4-23(22-9(6)10(20)24)11-8(16)1-5(3-21-11)13(17,18)19/h1,3-4,7H,2H2,(H2,20,24). The van der Waals surface area contributed by atoms with E-state index in [1.165, 1.54) is 6.20 Å². The van der Waals surface area contributed by atoms with Gasteiger partial charge in [0.2, 0.25) is 0 Å². The third-order valence-electron chi connectivity index (χ3n) is 3.54. The summed E-state index contributed by atoms with van der Waals surface area (Å²) >= 11 is 12.8. The number of aromatic nitrogens is 3. The van der Waals surface area contributed by atoms with Crippen LogP contribution in [-0.2, 0) is 6.18 Å². The van der Waals surface area contributed by atoms with Gasteiger partial charge in [-0.25, -0.2) is 9.67 Å². The number of nitrogens with zero attached hydrogens (tertiary/aromatic N) is 3. The zero-order valence-electron chi connectivity index (χ0n) is 11.6. The maximum Gasteiger partial charge on any atom is 0.417 e. The van der Waals surface area contributed by atoms with Crippen molar-refractivity contribution >= 4 is 49.4 Å². The van der Waals surface area contributed by atoms with Crippen LogP contribution in [0.5, 0.6) is 0 Å². The average Bonchev–Trinajstić information content (AvgIpc) is 2.91. The molecule has 1 atom stereocenters. The maximum absolute atomic E-state index is 12.7. The van der Waals surface area contributed by atoms with E-state index in [1.807, 2.05) is 0 Å². The van der Waals surface area contributed by atoms with E-state index < -0.39 is 17.6 Å². The molecule has 1 aliphatic carbocycles. The minimum atomic E-state index is -4.55. The predicted molar refractivity (Wildman–Crippen MR) is 87.8 cm³/mol. The number of carbonyl (C=O) groups excluding carboxylic acids is 1. The number of halogens is 6. The van der Waals surface area contributed by atoms with Crippen LogP contribution < -0.4 is 5.73 Å². The van der Waals surface area contributed by atoms with Crippen molar-refractivity contribution < 1.29 is 18.0 Å². The van der Waals surface area contributed by atoms with Gasteiger partial charge in [0.25, 0.3) is 5.91 Å². The Morgan fingerprint density at radius 2 is 2.08 bits per heavy atom. The van der Waals surface area contributed by atoms with Gasteiger partial charge in [0, 0.05) is 23.9 Å². The zero-order chi connectivity index (χ0) is 17.9. The molecule has 1 aliphatic rings. The first-order valence-corrected chi connectivity index (χ1v) is 8.47. The van der Waals surface area contributed by atoms with Gasteiger partial charge >= 0.3 is 6.18 Å². The first-order valence-electron chi connectivity index (χ1n) is 6.51. The topological polar surface area (TPSA) is 73.8 Å². The highest BCUT2D eigenvalue weighted by Gasteiger charge is 2.53. The number of nitrogens with two attached hydrogens (primary N) is 1. The van der Waals surface area contributed by atoms with E-state index in [9.17, 15) is 18.0 Å². The van der Waals surface area contributed by atoms with Crippen LogP contribution >= 0.6 is 43.5 Å². The first-order chi connectivity index (χ1) is 11.0. The van der Waals surface area contributed by atoms with Crippen LogP contribution in [-0.4, -0.2) is 23.9 Å². The van der Waals surface area contributed by atoms with Crippen molar-refractivity contribution in [3.63, 3.8) is 0 Å². The zero-order valence-corrected chi connectivity index (χ0v) is 15.5. The van der Waals surface area contributed by atoms with E-state index in [2.05, 4.69) is 41.9 Å². The lowest BCUT2D eigenvalue weighted by molar-refractivity contribution is -0.137. The first kappa shape index (κ1) is 17.7. The van der Waals surface area contributed by atoms with E-state index in [-0.39, 0.29) is 25.7 Å². The fourth-order valence-corrected chi connectivity index (χ4v) is 3.64. The molecule has 2 aromatic heterocycles. The fraction of sp³-hybridized carbons (Fsp3) is 0.308. The number of alkyl halides is 5. The van der Waals surface area contributed by atoms with Crippen LogP contribution in [0, 0.1) is 0 Å². The van der Waals surface area contributed by atoms with Crippen molar-refractivity contribution in [1.29, 1.82) is 0 Å². The summed E-state index contributed by atoms with van der Waals surface area (Å²) in [6.07, 6.45) is -1.70. The van der Waals surface area contributed by atoms with E-state index in [1.54, 1.807) is 0 Å². The molecule has 0 aliphatic heterocycles. The second-order valence-electron chi connectivity index (χ2n) is 5.29. The minimum Gasteiger partial charge on any atom is -0.364 e. The van der Waals surface area contributed by atoms with Crippen molar-refractivity contribution in [2.24, 2.45) is 5.73 Å². The molecule has 1 unspecified atom stereocenters. The molecule has 5 nitrogen and oxygen atoms in total. The van der Waals surface area contributed by atoms with Gasteiger partial charge in [-0.3, -0.25) is 4.79 Å². The fourth-order valence-electron chi connectivity index (χ4n) is 2.25. The summed E-state index contributed by atoms with van der Waals surface area (Å²) in [5.74, 6) is -0.815. The molecule has 0 saturated heterocycles. The molecule has 0 aromatic carbocycles. The van der Waals surface area contributed by atoms with E-state index >= 15 is 0 Å². The van der Waals surface area contributed by atoms with Crippen molar-refractivity contribution in [3.05, 3.63) is 40.3 Å². The highest BCUT2D eigenvalue weighted by atomic mass is 79.9. The molecule has 1 saturated carbocycles. The molecule has 24 heavy (non-hydrogen) atoms.